The Hall–Kier alpha value is -1.83. The second-order valence-corrected chi connectivity index (χ2v) is 4.21. The van der Waals surface area contributed by atoms with Crippen LogP contribution in [0.25, 0.3) is 0 Å². The average Bonchev–Trinajstić information content (AvgIpc) is 2.25. The van der Waals surface area contributed by atoms with Gasteiger partial charge < -0.3 is 5.73 Å². The van der Waals surface area contributed by atoms with Gasteiger partial charge in [0.15, 0.2) is 0 Å². The van der Waals surface area contributed by atoms with Gasteiger partial charge in [-0.25, -0.2) is 0 Å². The summed E-state index contributed by atoms with van der Waals surface area (Å²) in [6.45, 7) is 4.08. The molecule has 2 nitrogen and oxygen atoms in total. The third-order valence-corrected chi connectivity index (χ3v) is 2.63. The van der Waals surface area contributed by atoms with Crippen molar-refractivity contribution in [3.8, 4) is 0 Å². The molecule has 2 rings (SSSR count). The molecule has 82 valence electrons. The van der Waals surface area contributed by atoms with E-state index in [9.17, 15) is 0 Å². The van der Waals surface area contributed by atoms with E-state index >= 15 is 0 Å². The van der Waals surface area contributed by atoms with E-state index in [4.69, 9.17) is 5.73 Å². The number of rotatable bonds is 2. The number of anilines is 1. The fourth-order valence-corrected chi connectivity index (χ4v) is 1.67. The van der Waals surface area contributed by atoms with Crippen molar-refractivity contribution < 1.29 is 0 Å². The van der Waals surface area contributed by atoms with Crippen molar-refractivity contribution in [3.63, 3.8) is 0 Å². The van der Waals surface area contributed by atoms with Crippen LogP contribution < -0.4 is 5.73 Å². The van der Waals surface area contributed by atoms with E-state index in [2.05, 4.69) is 36.2 Å². The molecule has 0 bridgehead atoms. The molecule has 0 spiro atoms. The first-order chi connectivity index (χ1) is 7.65. The Labute approximate surface area is 96.1 Å². The summed E-state index contributed by atoms with van der Waals surface area (Å²) in [6, 6.07) is 10.4. The summed E-state index contributed by atoms with van der Waals surface area (Å²) < 4.78 is 0. The quantitative estimate of drug-likeness (QED) is 0.831. The maximum absolute atomic E-state index is 5.94. The minimum atomic E-state index is 0.778. The lowest BCUT2D eigenvalue weighted by Gasteiger charge is -2.06. The SMILES string of the molecule is Cc1ccc(Cc2ncc(C)cc2N)cc1. The van der Waals surface area contributed by atoms with Gasteiger partial charge in [0, 0.05) is 12.6 Å². The minimum absolute atomic E-state index is 0.778. The number of nitrogens with zero attached hydrogens (tertiary/aromatic N) is 1. The van der Waals surface area contributed by atoms with Crippen molar-refractivity contribution in [3.05, 3.63) is 58.9 Å². The molecular weight excluding hydrogens is 196 g/mol. The van der Waals surface area contributed by atoms with Gasteiger partial charge in [0.2, 0.25) is 0 Å². The van der Waals surface area contributed by atoms with Gasteiger partial charge in [-0.1, -0.05) is 29.8 Å². The Morgan fingerprint density at radius 2 is 1.75 bits per heavy atom. The highest BCUT2D eigenvalue weighted by atomic mass is 14.7. The van der Waals surface area contributed by atoms with Crippen LogP contribution in [0.4, 0.5) is 5.69 Å². The summed E-state index contributed by atoms with van der Waals surface area (Å²) in [4.78, 5) is 4.37. The maximum atomic E-state index is 5.94. The number of pyridine rings is 1. The Kier molecular flexibility index (Phi) is 2.91. The van der Waals surface area contributed by atoms with Gasteiger partial charge in [-0.3, -0.25) is 4.98 Å². The molecule has 0 radical (unpaired) electrons. The van der Waals surface area contributed by atoms with Crippen LogP contribution in [0.3, 0.4) is 0 Å². The normalized spacial score (nSPS) is 10.4. The predicted octanol–water partition coefficient (Wildman–Crippen LogP) is 2.87. The van der Waals surface area contributed by atoms with Crippen LogP contribution in [0, 0.1) is 13.8 Å². The van der Waals surface area contributed by atoms with E-state index in [1.807, 2.05) is 19.2 Å². The molecule has 0 fully saturated rings. The highest BCUT2D eigenvalue weighted by Gasteiger charge is 2.02. The Balaban J connectivity index is 2.23. The highest BCUT2D eigenvalue weighted by Crippen LogP contribution is 2.15. The van der Waals surface area contributed by atoms with Crippen molar-refractivity contribution in [2.75, 3.05) is 5.73 Å². The summed E-state index contributed by atoms with van der Waals surface area (Å²) in [5.41, 5.74) is 11.3. The van der Waals surface area contributed by atoms with Gasteiger partial charge in [-0.2, -0.15) is 0 Å². The lowest BCUT2D eigenvalue weighted by Crippen LogP contribution is -1.99. The number of nitrogens with two attached hydrogens (primary N) is 1. The number of nitrogen functional groups attached to an aromatic ring is 1. The van der Waals surface area contributed by atoms with Crippen LogP contribution in [0.2, 0.25) is 0 Å². The van der Waals surface area contributed by atoms with E-state index in [-0.39, 0.29) is 0 Å². The summed E-state index contributed by atoms with van der Waals surface area (Å²) in [6.07, 6.45) is 2.66. The van der Waals surface area contributed by atoms with Gasteiger partial charge in [-0.15, -0.1) is 0 Å². The summed E-state index contributed by atoms with van der Waals surface area (Å²) >= 11 is 0. The molecule has 0 atom stereocenters. The molecule has 0 saturated heterocycles. The third-order valence-electron chi connectivity index (χ3n) is 2.63. The molecule has 2 aromatic rings. The summed E-state index contributed by atoms with van der Waals surface area (Å²) in [5.74, 6) is 0. The maximum Gasteiger partial charge on any atom is 0.0676 e. The van der Waals surface area contributed by atoms with E-state index in [1.165, 1.54) is 11.1 Å². The van der Waals surface area contributed by atoms with Crippen LogP contribution in [0.1, 0.15) is 22.4 Å². The van der Waals surface area contributed by atoms with Crippen LogP contribution in [0.15, 0.2) is 36.5 Å². The molecule has 1 aromatic heterocycles. The van der Waals surface area contributed by atoms with E-state index in [0.717, 1.165) is 23.4 Å². The van der Waals surface area contributed by atoms with Crippen molar-refractivity contribution >= 4 is 5.69 Å². The van der Waals surface area contributed by atoms with E-state index in [0.29, 0.717) is 0 Å². The fraction of sp³-hybridized carbons (Fsp3) is 0.214. The van der Waals surface area contributed by atoms with Crippen LogP contribution in [-0.4, -0.2) is 4.98 Å². The van der Waals surface area contributed by atoms with Crippen LogP contribution in [-0.2, 0) is 6.42 Å². The van der Waals surface area contributed by atoms with Gasteiger partial charge in [0.1, 0.15) is 0 Å². The zero-order valence-electron chi connectivity index (χ0n) is 9.70. The number of aromatic nitrogens is 1. The number of aryl methyl sites for hydroxylation is 2. The summed E-state index contributed by atoms with van der Waals surface area (Å²) in [5, 5.41) is 0. The fourth-order valence-electron chi connectivity index (χ4n) is 1.67. The molecular formula is C14H16N2. The zero-order valence-corrected chi connectivity index (χ0v) is 9.70. The van der Waals surface area contributed by atoms with Gasteiger partial charge in [0.05, 0.1) is 11.4 Å². The van der Waals surface area contributed by atoms with Crippen LogP contribution in [0.5, 0.6) is 0 Å². The van der Waals surface area contributed by atoms with Gasteiger partial charge in [0.25, 0.3) is 0 Å². The zero-order chi connectivity index (χ0) is 11.5. The lowest BCUT2D eigenvalue weighted by atomic mass is 10.1. The minimum Gasteiger partial charge on any atom is -0.397 e. The molecule has 2 N–H and O–H groups in total. The average molecular weight is 212 g/mol. The van der Waals surface area contributed by atoms with Gasteiger partial charge >= 0.3 is 0 Å². The van der Waals surface area contributed by atoms with E-state index < -0.39 is 0 Å². The Morgan fingerprint density at radius 3 is 2.38 bits per heavy atom. The second kappa shape index (κ2) is 4.35. The highest BCUT2D eigenvalue weighted by molar-refractivity contribution is 5.46. The molecule has 0 aliphatic carbocycles. The lowest BCUT2D eigenvalue weighted by molar-refractivity contribution is 1.07. The van der Waals surface area contributed by atoms with Crippen molar-refractivity contribution in [2.45, 2.75) is 20.3 Å². The largest absolute Gasteiger partial charge is 0.397 e. The second-order valence-electron chi connectivity index (χ2n) is 4.21. The molecule has 0 amide bonds. The van der Waals surface area contributed by atoms with Crippen LogP contribution >= 0.6 is 0 Å². The Bertz CT molecular complexity index is 487. The molecule has 0 aliphatic rings. The number of benzene rings is 1. The number of hydrogen-bond donors (Lipinski definition) is 1. The molecule has 1 heterocycles. The van der Waals surface area contributed by atoms with E-state index in [1.54, 1.807) is 0 Å². The smallest absolute Gasteiger partial charge is 0.0676 e. The number of hydrogen-bond acceptors (Lipinski definition) is 2. The Morgan fingerprint density at radius 1 is 1.06 bits per heavy atom. The molecule has 0 aliphatic heterocycles. The topological polar surface area (TPSA) is 38.9 Å². The van der Waals surface area contributed by atoms with Crippen molar-refractivity contribution in [2.24, 2.45) is 0 Å². The van der Waals surface area contributed by atoms with Gasteiger partial charge in [-0.05, 0) is 31.0 Å². The van der Waals surface area contributed by atoms with Crippen molar-refractivity contribution in [1.29, 1.82) is 0 Å². The molecule has 0 unspecified atom stereocenters. The third kappa shape index (κ3) is 2.40. The first kappa shape index (κ1) is 10.7. The molecule has 0 saturated carbocycles. The predicted molar refractivity (Wildman–Crippen MR) is 67.4 cm³/mol. The molecule has 16 heavy (non-hydrogen) atoms. The first-order valence-corrected chi connectivity index (χ1v) is 5.41. The monoisotopic (exact) mass is 212 g/mol. The standard InChI is InChI=1S/C14H16N2/c1-10-3-5-12(6-4-10)8-14-13(15)7-11(2)9-16-14/h3-7,9H,8,15H2,1-2H3. The molecule has 1 aromatic carbocycles. The summed E-state index contributed by atoms with van der Waals surface area (Å²) in [7, 11) is 0. The van der Waals surface area contributed by atoms with Crippen molar-refractivity contribution in [1.82, 2.24) is 4.98 Å². The first-order valence-electron chi connectivity index (χ1n) is 5.41. The molecule has 2 heteroatoms.